The van der Waals surface area contributed by atoms with E-state index in [0.717, 1.165) is 48.9 Å². The molecule has 6 rings (SSSR count). The van der Waals surface area contributed by atoms with Crippen molar-refractivity contribution in [2.24, 2.45) is 0 Å². The Morgan fingerprint density at radius 2 is 1.62 bits per heavy atom. The number of aryl methyl sites for hydroxylation is 1. The molecule has 2 heterocycles. The van der Waals surface area contributed by atoms with Crippen molar-refractivity contribution < 1.29 is 18.9 Å². The van der Waals surface area contributed by atoms with Gasteiger partial charge in [-0.25, -0.2) is 0 Å². The first-order valence-electron chi connectivity index (χ1n) is 11.2. The van der Waals surface area contributed by atoms with E-state index in [2.05, 4.69) is 59.5 Å². The van der Waals surface area contributed by atoms with E-state index in [0.29, 0.717) is 12.7 Å². The summed E-state index contributed by atoms with van der Waals surface area (Å²) in [6.45, 7) is 2.06. The fraction of sp³-hybridized carbons (Fsp3) is 0.333. The molecular formula is C27H27NO4. The Balaban J connectivity index is 1.48. The summed E-state index contributed by atoms with van der Waals surface area (Å²) in [5.74, 6) is 3.72. The SMILES string of the molecule is COc1cc2c(cc1OC)[C@@H]1CCc3cc4c(cc3[C@@H]1N(Cc1ccccc1)C2)OCO4. The minimum Gasteiger partial charge on any atom is -0.493 e. The van der Waals surface area contributed by atoms with E-state index in [1.165, 1.54) is 27.8 Å². The van der Waals surface area contributed by atoms with Gasteiger partial charge in [0.25, 0.3) is 0 Å². The molecule has 1 aliphatic carbocycles. The van der Waals surface area contributed by atoms with Crippen LogP contribution in [-0.2, 0) is 19.5 Å². The zero-order chi connectivity index (χ0) is 21.7. The quantitative estimate of drug-likeness (QED) is 0.569. The minimum atomic E-state index is 0.277. The van der Waals surface area contributed by atoms with Gasteiger partial charge in [-0.05, 0) is 64.9 Å². The van der Waals surface area contributed by atoms with Gasteiger partial charge in [-0.2, -0.15) is 0 Å². The van der Waals surface area contributed by atoms with Crippen LogP contribution in [0.5, 0.6) is 23.0 Å². The average Bonchev–Trinajstić information content (AvgIpc) is 3.29. The fourth-order valence-corrected chi connectivity index (χ4v) is 5.66. The highest BCUT2D eigenvalue weighted by atomic mass is 16.7. The Hall–Kier alpha value is -3.18. The average molecular weight is 430 g/mol. The fourth-order valence-electron chi connectivity index (χ4n) is 5.66. The van der Waals surface area contributed by atoms with Crippen LogP contribution in [0.25, 0.3) is 0 Å². The first-order chi connectivity index (χ1) is 15.7. The molecule has 0 bridgehead atoms. The van der Waals surface area contributed by atoms with Gasteiger partial charge in [0.05, 0.1) is 14.2 Å². The van der Waals surface area contributed by atoms with Crippen molar-refractivity contribution in [1.82, 2.24) is 4.90 Å². The Labute approximate surface area is 188 Å². The zero-order valence-corrected chi connectivity index (χ0v) is 18.5. The van der Waals surface area contributed by atoms with Gasteiger partial charge in [-0.1, -0.05) is 30.3 Å². The highest BCUT2D eigenvalue weighted by Gasteiger charge is 2.41. The van der Waals surface area contributed by atoms with Gasteiger partial charge < -0.3 is 18.9 Å². The van der Waals surface area contributed by atoms with E-state index in [9.17, 15) is 0 Å². The summed E-state index contributed by atoms with van der Waals surface area (Å²) < 4.78 is 22.7. The Morgan fingerprint density at radius 1 is 0.875 bits per heavy atom. The van der Waals surface area contributed by atoms with Crippen LogP contribution >= 0.6 is 0 Å². The molecule has 0 saturated carbocycles. The van der Waals surface area contributed by atoms with Crippen LogP contribution in [0, 0.1) is 0 Å². The van der Waals surface area contributed by atoms with E-state index in [4.69, 9.17) is 18.9 Å². The second-order valence-electron chi connectivity index (χ2n) is 8.79. The molecule has 32 heavy (non-hydrogen) atoms. The van der Waals surface area contributed by atoms with Gasteiger partial charge >= 0.3 is 0 Å². The molecular weight excluding hydrogens is 402 g/mol. The number of nitrogens with zero attached hydrogens (tertiary/aromatic N) is 1. The maximum Gasteiger partial charge on any atom is 0.231 e. The monoisotopic (exact) mass is 429 g/mol. The second kappa shape index (κ2) is 7.75. The second-order valence-corrected chi connectivity index (χ2v) is 8.79. The number of hydrogen-bond donors (Lipinski definition) is 0. The topological polar surface area (TPSA) is 40.2 Å². The van der Waals surface area contributed by atoms with Gasteiger partial charge in [-0.3, -0.25) is 4.90 Å². The number of hydrogen-bond acceptors (Lipinski definition) is 5. The highest BCUT2D eigenvalue weighted by molar-refractivity contribution is 5.55. The van der Waals surface area contributed by atoms with Crippen molar-refractivity contribution in [3.63, 3.8) is 0 Å². The lowest BCUT2D eigenvalue weighted by molar-refractivity contribution is 0.124. The Kier molecular flexibility index (Phi) is 4.72. The summed E-state index contributed by atoms with van der Waals surface area (Å²) in [7, 11) is 3.42. The van der Waals surface area contributed by atoms with E-state index < -0.39 is 0 Å². The molecule has 5 heteroatoms. The van der Waals surface area contributed by atoms with Gasteiger partial charge in [0.15, 0.2) is 23.0 Å². The van der Waals surface area contributed by atoms with Crippen molar-refractivity contribution in [3.8, 4) is 23.0 Å². The summed E-state index contributed by atoms with van der Waals surface area (Å²) >= 11 is 0. The molecule has 3 aromatic rings. The number of methoxy groups -OCH3 is 2. The molecule has 164 valence electrons. The van der Waals surface area contributed by atoms with Crippen LogP contribution in [0.4, 0.5) is 0 Å². The first kappa shape index (κ1) is 19.5. The van der Waals surface area contributed by atoms with Gasteiger partial charge in [0, 0.05) is 25.0 Å². The summed E-state index contributed by atoms with van der Waals surface area (Å²) in [6, 6.07) is 19.8. The van der Waals surface area contributed by atoms with Gasteiger partial charge in [0.2, 0.25) is 6.79 Å². The van der Waals surface area contributed by atoms with Crippen molar-refractivity contribution in [2.45, 2.75) is 37.9 Å². The molecule has 0 amide bonds. The Morgan fingerprint density at radius 3 is 2.41 bits per heavy atom. The smallest absolute Gasteiger partial charge is 0.231 e. The molecule has 3 aromatic carbocycles. The Bertz CT molecular complexity index is 1160. The van der Waals surface area contributed by atoms with Crippen molar-refractivity contribution >= 4 is 0 Å². The number of ether oxygens (including phenoxy) is 4. The molecule has 5 nitrogen and oxygen atoms in total. The number of benzene rings is 3. The molecule has 0 aromatic heterocycles. The van der Waals surface area contributed by atoms with Crippen molar-refractivity contribution in [1.29, 1.82) is 0 Å². The maximum absolute atomic E-state index is 5.76. The van der Waals surface area contributed by atoms with Crippen LogP contribution in [0.2, 0.25) is 0 Å². The third kappa shape index (κ3) is 3.11. The molecule has 0 saturated heterocycles. The molecule has 0 fully saturated rings. The molecule has 2 atom stereocenters. The summed E-state index contributed by atoms with van der Waals surface area (Å²) in [5, 5.41) is 0. The van der Waals surface area contributed by atoms with E-state index in [1.54, 1.807) is 14.2 Å². The maximum atomic E-state index is 5.76. The van der Waals surface area contributed by atoms with E-state index in [1.807, 2.05) is 0 Å². The van der Waals surface area contributed by atoms with Crippen molar-refractivity contribution in [3.05, 3.63) is 82.4 Å². The molecule has 0 unspecified atom stereocenters. The number of rotatable bonds is 4. The lowest BCUT2D eigenvalue weighted by Crippen LogP contribution is -2.39. The zero-order valence-electron chi connectivity index (χ0n) is 18.5. The third-order valence-corrected chi connectivity index (χ3v) is 7.10. The van der Waals surface area contributed by atoms with E-state index >= 15 is 0 Å². The number of fused-ring (bicyclic) bond motifs is 6. The van der Waals surface area contributed by atoms with Gasteiger partial charge in [0.1, 0.15) is 0 Å². The van der Waals surface area contributed by atoms with Gasteiger partial charge in [-0.15, -0.1) is 0 Å². The largest absolute Gasteiger partial charge is 0.493 e. The standard InChI is InChI=1S/C27H27NO4/c1-29-23-11-19-15-28(14-17-6-4-3-5-7-17)27-20(21(19)12-24(23)30-2)9-8-18-10-25-26(13-22(18)27)32-16-31-25/h3-7,10-13,20,27H,8-9,14-16H2,1-2H3/t20-,27+/m0/s1. The molecule has 0 spiro atoms. The first-order valence-corrected chi connectivity index (χ1v) is 11.2. The summed E-state index contributed by atoms with van der Waals surface area (Å²) in [4.78, 5) is 2.61. The third-order valence-electron chi connectivity index (χ3n) is 7.10. The van der Waals surface area contributed by atoms with Crippen molar-refractivity contribution in [2.75, 3.05) is 21.0 Å². The minimum absolute atomic E-state index is 0.277. The van der Waals surface area contributed by atoms with Crippen LogP contribution in [0.15, 0.2) is 54.6 Å². The van der Waals surface area contributed by atoms with Crippen LogP contribution < -0.4 is 18.9 Å². The molecule has 2 aliphatic heterocycles. The summed E-state index contributed by atoms with van der Waals surface area (Å²) in [6.07, 6.45) is 2.12. The van der Waals surface area contributed by atoms with Crippen LogP contribution in [0.3, 0.4) is 0 Å². The molecule has 0 radical (unpaired) electrons. The summed E-state index contributed by atoms with van der Waals surface area (Å²) in [5.41, 5.74) is 6.76. The predicted octanol–water partition coefficient (Wildman–Crippen LogP) is 5.22. The highest BCUT2D eigenvalue weighted by Crippen LogP contribution is 2.53. The lowest BCUT2D eigenvalue weighted by Gasteiger charge is -2.46. The van der Waals surface area contributed by atoms with E-state index in [-0.39, 0.29) is 6.04 Å². The molecule has 0 N–H and O–H groups in total. The molecule has 3 aliphatic rings. The van der Waals surface area contributed by atoms with Crippen LogP contribution in [-0.4, -0.2) is 25.9 Å². The van der Waals surface area contributed by atoms with Crippen LogP contribution in [0.1, 0.15) is 46.2 Å². The normalized spacial score (nSPS) is 20.8. The predicted molar refractivity (Wildman–Crippen MR) is 122 cm³/mol. The lowest BCUT2D eigenvalue weighted by atomic mass is 9.71.